The van der Waals surface area contributed by atoms with Crippen LogP contribution in [0.2, 0.25) is 15.1 Å². The summed E-state index contributed by atoms with van der Waals surface area (Å²) >= 11 is 17.9. The van der Waals surface area contributed by atoms with Gasteiger partial charge in [0.2, 0.25) is 0 Å². The zero-order valence-corrected chi connectivity index (χ0v) is 18.5. The van der Waals surface area contributed by atoms with E-state index < -0.39 is 17.7 Å². The number of nitrogens with one attached hydrogen (secondary N) is 3. The quantitative estimate of drug-likeness (QED) is 0.267. The molecule has 0 aliphatic carbocycles. The van der Waals surface area contributed by atoms with Crippen molar-refractivity contribution in [3.05, 3.63) is 92.9 Å². The van der Waals surface area contributed by atoms with Crippen molar-refractivity contribution in [1.82, 2.24) is 5.43 Å². The lowest BCUT2D eigenvalue weighted by Crippen LogP contribution is -2.33. The fourth-order valence-corrected chi connectivity index (χ4v) is 3.16. The van der Waals surface area contributed by atoms with Gasteiger partial charge in [-0.3, -0.25) is 14.4 Å². The molecule has 0 radical (unpaired) electrons. The van der Waals surface area contributed by atoms with Crippen LogP contribution < -0.4 is 16.1 Å². The van der Waals surface area contributed by atoms with Crippen LogP contribution in [0.5, 0.6) is 0 Å². The Morgan fingerprint density at radius 2 is 1.41 bits per heavy atom. The molecule has 162 valence electrons. The lowest BCUT2D eigenvalue weighted by atomic mass is 10.1. The van der Waals surface area contributed by atoms with Gasteiger partial charge in [-0.05, 0) is 48.5 Å². The summed E-state index contributed by atoms with van der Waals surface area (Å²) in [5.74, 6) is -2.54. The van der Waals surface area contributed by atoms with Crippen LogP contribution in [-0.2, 0) is 9.59 Å². The van der Waals surface area contributed by atoms with Gasteiger partial charge in [0.1, 0.15) is 0 Å². The second kappa shape index (κ2) is 10.8. The van der Waals surface area contributed by atoms with Crippen molar-refractivity contribution in [2.24, 2.45) is 5.10 Å². The summed E-state index contributed by atoms with van der Waals surface area (Å²) < 4.78 is 0. The first kappa shape index (κ1) is 23.3. The van der Waals surface area contributed by atoms with E-state index in [9.17, 15) is 14.4 Å². The molecule has 3 amide bonds. The Bertz CT molecular complexity index is 1180. The molecule has 3 rings (SSSR count). The van der Waals surface area contributed by atoms with Crippen molar-refractivity contribution in [2.75, 3.05) is 10.6 Å². The highest BCUT2D eigenvalue weighted by Gasteiger charge is 2.18. The second-order valence-corrected chi connectivity index (χ2v) is 7.55. The number of hydrogen-bond donors (Lipinski definition) is 3. The summed E-state index contributed by atoms with van der Waals surface area (Å²) in [6.45, 7) is 0. The van der Waals surface area contributed by atoms with Crippen molar-refractivity contribution >= 4 is 70.1 Å². The molecule has 32 heavy (non-hydrogen) atoms. The average molecular weight is 490 g/mol. The second-order valence-electron chi connectivity index (χ2n) is 6.30. The molecular formula is C22H15Cl3N4O3. The summed E-state index contributed by atoms with van der Waals surface area (Å²) in [6, 6.07) is 17.7. The van der Waals surface area contributed by atoms with Gasteiger partial charge in [-0.2, -0.15) is 5.10 Å². The van der Waals surface area contributed by atoms with E-state index in [2.05, 4.69) is 21.2 Å². The Hall–Kier alpha value is -3.39. The van der Waals surface area contributed by atoms with Gasteiger partial charge in [0, 0.05) is 16.3 Å². The molecule has 7 nitrogen and oxygen atoms in total. The first-order valence-electron chi connectivity index (χ1n) is 9.09. The number of carbonyl (C=O) groups excluding carboxylic acids is 3. The summed E-state index contributed by atoms with van der Waals surface area (Å²) in [5.41, 5.74) is 3.31. The number of para-hydroxylation sites is 1. The van der Waals surface area contributed by atoms with E-state index in [-0.39, 0.29) is 11.3 Å². The van der Waals surface area contributed by atoms with E-state index in [1.807, 2.05) is 0 Å². The first-order valence-corrected chi connectivity index (χ1v) is 10.2. The third-order valence-corrected chi connectivity index (χ3v) is 5.00. The molecule has 0 unspecified atom stereocenters. The van der Waals surface area contributed by atoms with E-state index in [1.54, 1.807) is 54.6 Å². The monoisotopic (exact) mass is 488 g/mol. The normalized spacial score (nSPS) is 10.6. The van der Waals surface area contributed by atoms with Gasteiger partial charge < -0.3 is 10.6 Å². The number of anilines is 2. The summed E-state index contributed by atoms with van der Waals surface area (Å²) in [5, 5.41) is 9.99. The van der Waals surface area contributed by atoms with Crippen molar-refractivity contribution in [2.45, 2.75) is 0 Å². The Morgan fingerprint density at radius 1 is 0.750 bits per heavy atom. The minimum atomic E-state index is -1.04. The van der Waals surface area contributed by atoms with E-state index in [4.69, 9.17) is 34.8 Å². The van der Waals surface area contributed by atoms with Crippen LogP contribution in [0.1, 0.15) is 15.9 Å². The molecule has 0 aliphatic rings. The maximum Gasteiger partial charge on any atom is 0.329 e. The fraction of sp³-hybridized carbons (Fsp3) is 0. The van der Waals surface area contributed by atoms with Crippen LogP contribution in [0.25, 0.3) is 0 Å². The van der Waals surface area contributed by atoms with Crippen molar-refractivity contribution in [3.63, 3.8) is 0 Å². The van der Waals surface area contributed by atoms with E-state index in [0.717, 1.165) is 0 Å². The number of hydrogen-bond acceptors (Lipinski definition) is 4. The van der Waals surface area contributed by atoms with Gasteiger partial charge in [-0.25, -0.2) is 5.43 Å². The van der Waals surface area contributed by atoms with Crippen LogP contribution >= 0.6 is 34.8 Å². The summed E-state index contributed by atoms with van der Waals surface area (Å²) in [7, 11) is 0. The maximum atomic E-state index is 12.6. The van der Waals surface area contributed by atoms with Gasteiger partial charge in [0.05, 0.1) is 27.5 Å². The Kier molecular flexibility index (Phi) is 7.83. The molecule has 3 aromatic rings. The van der Waals surface area contributed by atoms with Crippen molar-refractivity contribution < 1.29 is 14.4 Å². The first-order chi connectivity index (χ1) is 15.3. The molecule has 0 fully saturated rings. The van der Waals surface area contributed by atoms with Gasteiger partial charge in [-0.15, -0.1) is 0 Å². The molecule has 0 aromatic heterocycles. The third kappa shape index (κ3) is 6.07. The molecule has 0 aliphatic heterocycles. The van der Waals surface area contributed by atoms with Gasteiger partial charge in [0.15, 0.2) is 0 Å². The molecule has 3 aromatic carbocycles. The number of nitrogens with zero attached hydrogens (tertiary/aromatic N) is 1. The number of benzene rings is 3. The number of hydrazone groups is 1. The maximum absolute atomic E-state index is 12.6. The van der Waals surface area contributed by atoms with Crippen molar-refractivity contribution in [1.29, 1.82) is 0 Å². The van der Waals surface area contributed by atoms with Crippen molar-refractivity contribution in [3.8, 4) is 0 Å². The minimum absolute atomic E-state index is 0.150. The smallest absolute Gasteiger partial charge is 0.322 e. The number of halogens is 3. The van der Waals surface area contributed by atoms with Crippen LogP contribution in [0, 0.1) is 0 Å². The Balaban J connectivity index is 1.66. The topological polar surface area (TPSA) is 99.7 Å². The molecule has 0 atom stereocenters. The van der Waals surface area contributed by atoms with Crippen LogP contribution in [0.15, 0.2) is 71.8 Å². The molecule has 3 N–H and O–H groups in total. The Morgan fingerprint density at radius 3 is 2.09 bits per heavy atom. The molecule has 0 heterocycles. The van der Waals surface area contributed by atoms with Crippen LogP contribution in [0.3, 0.4) is 0 Å². The SMILES string of the molecule is O=C(N/N=C\c1c(Cl)cccc1Cl)C(=O)Nc1ccccc1C(=O)Nc1ccc(Cl)cc1. The predicted octanol–water partition coefficient (Wildman–Crippen LogP) is 4.99. The number of amides is 3. The summed E-state index contributed by atoms with van der Waals surface area (Å²) in [4.78, 5) is 37.0. The minimum Gasteiger partial charge on any atom is -0.322 e. The van der Waals surface area contributed by atoms with E-state index in [1.165, 1.54) is 18.3 Å². The largest absolute Gasteiger partial charge is 0.329 e. The van der Waals surface area contributed by atoms with Gasteiger partial charge >= 0.3 is 11.8 Å². The average Bonchev–Trinajstić information content (AvgIpc) is 2.77. The molecule has 10 heteroatoms. The van der Waals surface area contributed by atoms with E-state index >= 15 is 0 Å². The van der Waals surface area contributed by atoms with Gasteiger partial charge in [0.25, 0.3) is 5.91 Å². The molecule has 0 spiro atoms. The standard InChI is InChI=1S/C22H15Cl3N4O3/c23-13-8-10-14(11-9-13)27-20(30)15-4-1-2-7-19(15)28-21(31)22(32)29-26-12-16-17(24)5-3-6-18(16)25/h1-12H,(H,27,30)(H,28,31)(H,29,32)/b26-12-. The molecular weight excluding hydrogens is 475 g/mol. The molecule has 0 saturated carbocycles. The van der Waals surface area contributed by atoms with Crippen LogP contribution in [-0.4, -0.2) is 23.9 Å². The lowest BCUT2D eigenvalue weighted by molar-refractivity contribution is -0.136. The molecule has 0 bridgehead atoms. The summed E-state index contributed by atoms with van der Waals surface area (Å²) in [6.07, 6.45) is 1.23. The number of rotatable bonds is 5. The Labute approximate surface area is 198 Å². The van der Waals surface area contributed by atoms with Crippen LogP contribution in [0.4, 0.5) is 11.4 Å². The third-order valence-electron chi connectivity index (χ3n) is 4.09. The lowest BCUT2D eigenvalue weighted by Gasteiger charge is -2.11. The molecule has 0 saturated heterocycles. The highest BCUT2D eigenvalue weighted by atomic mass is 35.5. The zero-order chi connectivity index (χ0) is 23.1. The number of carbonyl (C=O) groups is 3. The zero-order valence-electron chi connectivity index (χ0n) is 16.2. The highest BCUT2D eigenvalue weighted by molar-refractivity contribution is 6.40. The highest BCUT2D eigenvalue weighted by Crippen LogP contribution is 2.22. The van der Waals surface area contributed by atoms with E-state index in [0.29, 0.717) is 26.3 Å². The fourth-order valence-electron chi connectivity index (χ4n) is 2.54. The predicted molar refractivity (Wildman–Crippen MR) is 127 cm³/mol. The van der Waals surface area contributed by atoms with Gasteiger partial charge in [-0.1, -0.05) is 53.0 Å².